The van der Waals surface area contributed by atoms with Crippen molar-refractivity contribution in [2.75, 3.05) is 25.5 Å². The quantitative estimate of drug-likeness (QED) is 0.850. The fourth-order valence-electron chi connectivity index (χ4n) is 3.52. The number of rotatable bonds is 5. The van der Waals surface area contributed by atoms with Crippen LogP contribution in [0.1, 0.15) is 47.2 Å². The lowest BCUT2D eigenvalue weighted by molar-refractivity contribution is -0.118. The van der Waals surface area contributed by atoms with Crippen molar-refractivity contribution in [3.05, 3.63) is 35.3 Å². The van der Waals surface area contributed by atoms with E-state index in [4.69, 9.17) is 4.52 Å². The van der Waals surface area contributed by atoms with Crippen molar-refractivity contribution in [2.45, 2.75) is 32.2 Å². The third-order valence-corrected chi connectivity index (χ3v) is 4.81. The molecule has 140 valence electrons. The zero-order valence-electron chi connectivity index (χ0n) is 15.4. The number of aromatic nitrogens is 2. The molecule has 0 spiro atoms. The molecule has 8 heteroatoms. The van der Waals surface area contributed by atoms with E-state index in [0.29, 0.717) is 11.6 Å². The second kappa shape index (κ2) is 7.74. The van der Waals surface area contributed by atoms with E-state index >= 15 is 0 Å². The lowest BCUT2D eigenvalue weighted by atomic mass is 9.99. The number of piperidine rings is 1. The van der Waals surface area contributed by atoms with Gasteiger partial charge in [0.15, 0.2) is 0 Å². The van der Waals surface area contributed by atoms with Crippen LogP contribution in [0.4, 0.5) is 5.88 Å². The van der Waals surface area contributed by atoms with Gasteiger partial charge in [0.25, 0.3) is 5.91 Å². The van der Waals surface area contributed by atoms with Gasteiger partial charge in [0.05, 0.1) is 18.3 Å². The minimum absolute atomic E-state index is 0.106. The topological polar surface area (TPSA) is 92.4 Å². The summed E-state index contributed by atoms with van der Waals surface area (Å²) in [6, 6.07) is 5.61. The average molecular weight is 359 g/mol. The van der Waals surface area contributed by atoms with E-state index in [0.717, 1.165) is 37.2 Å². The molecule has 1 fully saturated rings. The molecule has 2 aromatic rings. The Morgan fingerprint density at radius 1 is 1.35 bits per heavy atom. The standard InChI is InChI=1S/C18H25N5O3/c1-12-10-17(26-21-12)20-16(24)11-23-9-5-4-6-14(23)13-7-8-15(22(13)3)18(25)19-2/h7-8,10,14H,4-6,9,11H2,1-3H3,(H,19,25)(H,20,24). The average Bonchev–Trinajstić information content (AvgIpc) is 3.20. The van der Waals surface area contributed by atoms with Crippen molar-refractivity contribution in [3.63, 3.8) is 0 Å². The molecule has 0 aromatic carbocycles. The fraction of sp³-hybridized carbons (Fsp3) is 0.500. The number of anilines is 1. The van der Waals surface area contributed by atoms with Crippen molar-refractivity contribution >= 4 is 17.7 Å². The van der Waals surface area contributed by atoms with Gasteiger partial charge >= 0.3 is 0 Å². The van der Waals surface area contributed by atoms with Crippen LogP contribution < -0.4 is 10.6 Å². The Balaban J connectivity index is 1.73. The SMILES string of the molecule is CNC(=O)c1ccc(C2CCCCN2CC(=O)Nc2cc(C)no2)n1C. The number of hydrogen-bond donors (Lipinski definition) is 2. The van der Waals surface area contributed by atoms with Crippen LogP contribution in [0, 0.1) is 6.92 Å². The van der Waals surface area contributed by atoms with E-state index in [1.165, 1.54) is 0 Å². The van der Waals surface area contributed by atoms with Gasteiger partial charge in [0, 0.05) is 25.9 Å². The van der Waals surface area contributed by atoms with Crippen LogP contribution in [0.2, 0.25) is 0 Å². The van der Waals surface area contributed by atoms with Crippen LogP contribution >= 0.6 is 0 Å². The normalized spacial score (nSPS) is 17.9. The molecule has 26 heavy (non-hydrogen) atoms. The van der Waals surface area contributed by atoms with Gasteiger partial charge < -0.3 is 14.4 Å². The maximum absolute atomic E-state index is 12.4. The molecule has 2 aromatic heterocycles. The lowest BCUT2D eigenvalue weighted by Gasteiger charge is -2.35. The van der Waals surface area contributed by atoms with Crippen molar-refractivity contribution in [1.29, 1.82) is 0 Å². The molecular formula is C18H25N5O3. The number of aryl methyl sites for hydroxylation is 1. The number of amides is 2. The van der Waals surface area contributed by atoms with Crippen molar-refractivity contribution in [3.8, 4) is 0 Å². The second-order valence-corrected chi connectivity index (χ2v) is 6.64. The first-order chi connectivity index (χ1) is 12.5. The monoisotopic (exact) mass is 359 g/mol. The minimum Gasteiger partial charge on any atom is -0.354 e. The first-order valence-corrected chi connectivity index (χ1v) is 8.84. The van der Waals surface area contributed by atoms with Crippen molar-refractivity contribution in [2.24, 2.45) is 7.05 Å². The lowest BCUT2D eigenvalue weighted by Crippen LogP contribution is -2.40. The van der Waals surface area contributed by atoms with Gasteiger partial charge in [-0.2, -0.15) is 0 Å². The summed E-state index contributed by atoms with van der Waals surface area (Å²) < 4.78 is 6.96. The zero-order valence-corrected chi connectivity index (χ0v) is 15.4. The summed E-state index contributed by atoms with van der Waals surface area (Å²) in [7, 11) is 3.52. The molecule has 3 heterocycles. The molecule has 0 bridgehead atoms. The minimum atomic E-state index is -0.131. The van der Waals surface area contributed by atoms with Gasteiger partial charge in [-0.1, -0.05) is 11.6 Å². The Morgan fingerprint density at radius 2 is 2.15 bits per heavy atom. The summed E-state index contributed by atoms with van der Waals surface area (Å²) in [6.07, 6.45) is 3.11. The number of likely N-dealkylation sites (tertiary alicyclic amines) is 1. The third kappa shape index (κ3) is 3.80. The highest BCUT2D eigenvalue weighted by Gasteiger charge is 2.28. The summed E-state index contributed by atoms with van der Waals surface area (Å²) in [5, 5.41) is 9.18. The molecule has 1 atom stereocenters. The van der Waals surface area contributed by atoms with E-state index in [2.05, 4.69) is 20.7 Å². The summed E-state index contributed by atoms with van der Waals surface area (Å²) >= 11 is 0. The Hall–Kier alpha value is -2.61. The predicted octanol–water partition coefficient (Wildman–Crippen LogP) is 1.85. The molecule has 8 nitrogen and oxygen atoms in total. The van der Waals surface area contributed by atoms with E-state index in [1.807, 2.05) is 23.7 Å². The largest absolute Gasteiger partial charge is 0.354 e. The summed E-state index contributed by atoms with van der Waals surface area (Å²) in [5.74, 6) is 0.121. The highest BCUT2D eigenvalue weighted by molar-refractivity contribution is 5.92. The first kappa shape index (κ1) is 18.2. The summed E-state index contributed by atoms with van der Waals surface area (Å²) in [5.41, 5.74) is 2.39. The summed E-state index contributed by atoms with van der Waals surface area (Å²) in [6.45, 7) is 2.91. The van der Waals surface area contributed by atoms with E-state index < -0.39 is 0 Å². The van der Waals surface area contributed by atoms with Crippen LogP contribution in [0.15, 0.2) is 22.7 Å². The second-order valence-electron chi connectivity index (χ2n) is 6.64. The Bertz CT molecular complexity index is 795. The molecule has 3 rings (SSSR count). The fourth-order valence-corrected chi connectivity index (χ4v) is 3.52. The molecule has 1 unspecified atom stereocenters. The van der Waals surface area contributed by atoms with Crippen LogP contribution in [0.25, 0.3) is 0 Å². The maximum atomic E-state index is 12.4. The predicted molar refractivity (Wildman–Crippen MR) is 96.8 cm³/mol. The molecule has 2 amide bonds. The molecule has 0 aliphatic carbocycles. The zero-order chi connectivity index (χ0) is 18.7. The Labute approximate surface area is 152 Å². The Kier molecular flexibility index (Phi) is 5.41. The molecule has 1 saturated heterocycles. The number of nitrogens with one attached hydrogen (secondary N) is 2. The molecular weight excluding hydrogens is 334 g/mol. The van der Waals surface area contributed by atoms with E-state index in [9.17, 15) is 9.59 Å². The third-order valence-electron chi connectivity index (χ3n) is 4.81. The van der Waals surface area contributed by atoms with Gasteiger partial charge in [-0.15, -0.1) is 0 Å². The molecule has 1 aliphatic rings. The van der Waals surface area contributed by atoms with Crippen LogP contribution in [0.3, 0.4) is 0 Å². The van der Waals surface area contributed by atoms with Crippen LogP contribution in [-0.4, -0.2) is 46.6 Å². The molecule has 0 saturated carbocycles. The first-order valence-electron chi connectivity index (χ1n) is 8.84. The highest BCUT2D eigenvalue weighted by Crippen LogP contribution is 2.31. The number of carbonyl (C=O) groups excluding carboxylic acids is 2. The van der Waals surface area contributed by atoms with Crippen LogP contribution in [0.5, 0.6) is 0 Å². The Morgan fingerprint density at radius 3 is 2.85 bits per heavy atom. The smallest absolute Gasteiger partial charge is 0.267 e. The van der Waals surface area contributed by atoms with E-state index in [-0.39, 0.29) is 24.4 Å². The van der Waals surface area contributed by atoms with Crippen LogP contribution in [-0.2, 0) is 11.8 Å². The molecule has 1 aliphatic heterocycles. The van der Waals surface area contributed by atoms with Gasteiger partial charge in [-0.25, -0.2) is 0 Å². The van der Waals surface area contributed by atoms with E-state index in [1.54, 1.807) is 20.0 Å². The number of carbonyl (C=O) groups is 2. The molecule has 0 radical (unpaired) electrons. The summed E-state index contributed by atoms with van der Waals surface area (Å²) in [4.78, 5) is 26.5. The highest BCUT2D eigenvalue weighted by atomic mass is 16.5. The molecule has 2 N–H and O–H groups in total. The number of hydrogen-bond acceptors (Lipinski definition) is 5. The van der Waals surface area contributed by atoms with Crippen molar-refractivity contribution < 1.29 is 14.1 Å². The van der Waals surface area contributed by atoms with Gasteiger partial charge in [-0.05, 0) is 38.4 Å². The van der Waals surface area contributed by atoms with Crippen molar-refractivity contribution in [1.82, 2.24) is 19.9 Å². The van der Waals surface area contributed by atoms with Gasteiger partial charge in [0.2, 0.25) is 11.8 Å². The van der Waals surface area contributed by atoms with Gasteiger partial charge in [-0.3, -0.25) is 19.8 Å². The number of nitrogens with zero attached hydrogens (tertiary/aromatic N) is 3. The maximum Gasteiger partial charge on any atom is 0.267 e. The van der Waals surface area contributed by atoms with Gasteiger partial charge in [0.1, 0.15) is 5.69 Å².